The first-order valence-corrected chi connectivity index (χ1v) is 8.73. The molecule has 29 heavy (non-hydrogen) atoms. The van der Waals surface area contributed by atoms with E-state index in [9.17, 15) is 9.90 Å². The fraction of sp³-hybridized carbons (Fsp3) is 0.158. The van der Waals surface area contributed by atoms with Crippen molar-refractivity contribution in [2.45, 2.75) is 0 Å². The normalized spacial score (nSPS) is 10.9. The topological polar surface area (TPSA) is 114 Å². The largest absolute Gasteiger partial charge is 0.545 e. The number of nitrogens with one attached hydrogen (secondary N) is 1. The number of ether oxygens (including phenoxy) is 3. The van der Waals surface area contributed by atoms with Crippen molar-refractivity contribution in [3.8, 4) is 28.6 Å². The molecule has 0 radical (unpaired) electrons. The third-order valence-corrected chi connectivity index (χ3v) is 4.31. The Balaban J connectivity index is 2.02. The number of methoxy groups -OCH3 is 3. The van der Waals surface area contributed by atoms with Gasteiger partial charge in [0.05, 0.1) is 33.5 Å². The number of carboxylic acid groups (broad SMARTS) is 1. The number of carbonyl (C=O) groups excluding carboxylic acids is 1. The summed E-state index contributed by atoms with van der Waals surface area (Å²) in [7, 11) is 4.56. The van der Waals surface area contributed by atoms with Crippen LogP contribution >= 0.6 is 12.2 Å². The van der Waals surface area contributed by atoms with Gasteiger partial charge in [-0.25, -0.2) is 5.10 Å². The van der Waals surface area contributed by atoms with Gasteiger partial charge in [0, 0.05) is 5.56 Å². The molecule has 0 fully saturated rings. The van der Waals surface area contributed by atoms with Crippen molar-refractivity contribution in [1.82, 2.24) is 14.9 Å². The average Bonchev–Trinajstić information content (AvgIpc) is 3.11. The Kier molecular flexibility index (Phi) is 5.93. The zero-order chi connectivity index (χ0) is 21.0. The lowest BCUT2D eigenvalue weighted by Crippen LogP contribution is -2.21. The Morgan fingerprint density at radius 3 is 2.28 bits per heavy atom. The number of carboxylic acids is 1. The predicted molar refractivity (Wildman–Crippen MR) is 106 cm³/mol. The van der Waals surface area contributed by atoms with Gasteiger partial charge in [-0.05, 0) is 35.5 Å². The van der Waals surface area contributed by atoms with E-state index in [2.05, 4.69) is 15.3 Å². The molecule has 150 valence electrons. The molecule has 1 N–H and O–H groups in total. The van der Waals surface area contributed by atoms with E-state index in [-0.39, 0.29) is 10.3 Å². The molecule has 0 saturated heterocycles. The minimum atomic E-state index is -1.24. The third-order valence-electron chi connectivity index (χ3n) is 4.04. The van der Waals surface area contributed by atoms with Crippen LogP contribution in [0.3, 0.4) is 0 Å². The fourth-order valence-corrected chi connectivity index (χ4v) is 2.80. The van der Waals surface area contributed by atoms with Crippen LogP contribution in [0, 0.1) is 4.77 Å². The highest BCUT2D eigenvalue weighted by atomic mass is 32.1. The first-order chi connectivity index (χ1) is 14.0. The SMILES string of the molecule is COc1cc(-c2n[nH]c(=S)n2/N=C\c2ccc(C(=O)[O-])cc2)cc(OC)c1OC. The van der Waals surface area contributed by atoms with Gasteiger partial charge in [-0.1, -0.05) is 24.3 Å². The van der Waals surface area contributed by atoms with Crippen LogP contribution in [0.5, 0.6) is 17.2 Å². The number of aromatic nitrogens is 3. The lowest BCUT2D eigenvalue weighted by Gasteiger charge is -2.13. The number of benzene rings is 2. The summed E-state index contributed by atoms with van der Waals surface area (Å²) in [4.78, 5) is 10.8. The van der Waals surface area contributed by atoms with Crippen molar-refractivity contribution in [2.75, 3.05) is 21.3 Å². The quantitative estimate of drug-likeness (QED) is 0.465. The van der Waals surface area contributed by atoms with Gasteiger partial charge < -0.3 is 24.1 Å². The molecule has 9 nitrogen and oxygen atoms in total. The van der Waals surface area contributed by atoms with E-state index in [1.54, 1.807) is 24.3 Å². The van der Waals surface area contributed by atoms with E-state index < -0.39 is 5.97 Å². The zero-order valence-corrected chi connectivity index (χ0v) is 16.6. The molecule has 2 aromatic carbocycles. The minimum Gasteiger partial charge on any atom is -0.545 e. The Bertz CT molecular complexity index is 1090. The number of H-pyrrole nitrogens is 1. The summed E-state index contributed by atoms with van der Waals surface area (Å²) in [6, 6.07) is 9.55. The van der Waals surface area contributed by atoms with Crippen LogP contribution in [0.1, 0.15) is 15.9 Å². The molecule has 0 aliphatic carbocycles. The van der Waals surface area contributed by atoms with Gasteiger partial charge >= 0.3 is 0 Å². The molecule has 1 heterocycles. The number of hydrogen-bond donors (Lipinski definition) is 1. The molecule has 0 bridgehead atoms. The molecule has 0 aliphatic rings. The maximum Gasteiger partial charge on any atom is 0.216 e. The smallest absolute Gasteiger partial charge is 0.216 e. The minimum absolute atomic E-state index is 0.0835. The first kappa shape index (κ1) is 20.1. The second-order valence-electron chi connectivity index (χ2n) is 5.73. The van der Waals surface area contributed by atoms with Gasteiger partial charge in [0.1, 0.15) is 0 Å². The molecule has 0 amide bonds. The van der Waals surface area contributed by atoms with Gasteiger partial charge in [0.2, 0.25) is 10.5 Å². The highest BCUT2D eigenvalue weighted by Crippen LogP contribution is 2.40. The van der Waals surface area contributed by atoms with Crippen LogP contribution in [0.15, 0.2) is 41.5 Å². The first-order valence-electron chi connectivity index (χ1n) is 8.32. The third kappa shape index (κ3) is 4.11. The standard InChI is InChI=1S/C19H18N4O5S/c1-26-14-8-13(9-15(27-2)16(14)28-3)17-21-22-19(29)23(17)20-10-11-4-6-12(7-5-11)18(24)25/h4-10H,1-3H3,(H,22,29)(H,24,25)/p-1/b20-10-. The van der Waals surface area contributed by atoms with Crippen molar-refractivity contribution in [1.29, 1.82) is 0 Å². The van der Waals surface area contributed by atoms with Crippen molar-refractivity contribution in [3.05, 3.63) is 52.3 Å². The maximum absolute atomic E-state index is 10.8. The van der Waals surface area contributed by atoms with Crippen LogP contribution < -0.4 is 19.3 Å². The Morgan fingerprint density at radius 1 is 1.14 bits per heavy atom. The van der Waals surface area contributed by atoms with Gasteiger partial charge in [-0.2, -0.15) is 14.9 Å². The van der Waals surface area contributed by atoms with Gasteiger partial charge in [0.15, 0.2) is 17.3 Å². The van der Waals surface area contributed by atoms with Crippen molar-refractivity contribution in [2.24, 2.45) is 5.10 Å². The summed E-state index contributed by atoms with van der Waals surface area (Å²) in [5.41, 5.74) is 1.39. The summed E-state index contributed by atoms with van der Waals surface area (Å²) < 4.78 is 17.8. The molecular weight excluding hydrogens is 396 g/mol. The maximum atomic E-state index is 10.8. The Hall–Kier alpha value is -3.66. The summed E-state index contributed by atoms with van der Waals surface area (Å²) in [5, 5.41) is 22.1. The predicted octanol–water partition coefficient (Wildman–Crippen LogP) is 1.88. The molecule has 10 heteroatoms. The molecule has 3 aromatic rings. The number of carbonyl (C=O) groups is 1. The molecule has 1 aromatic heterocycles. The van der Waals surface area contributed by atoms with Crippen molar-refractivity contribution in [3.63, 3.8) is 0 Å². The zero-order valence-electron chi connectivity index (χ0n) is 15.8. The number of rotatable bonds is 7. The van der Waals surface area contributed by atoms with E-state index in [0.717, 1.165) is 0 Å². The van der Waals surface area contributed by atoms with Crippen LogP contribution in [0.25, 0.3) is 11.4 Å². The molecule has 0 saturated carbocycles. The lowest BCUT2D eigenvalue weighted by atomic mass is 10.1. The summed E-state index contributed by atoms with van der Waals surface area (Å²) in [5.74, 6) is 0.566. The highest BCUT2D eigenvalue weighted by Gasteiger charge is 2.17. The lowest BCUT2D eigenvalue weighted by molar-refractivity contribution is -0.255. The number of aromatic carboxylic acids is 1. The van der Waals surface area contributed by atoms with Gasteiger partial charge in [0.25, 0.3) is 0 Å². The van der Waals surface area contributed by atoms with Gasteiger partial charge in [-0.3, -0.25) is 0 Å². The van der Waals surface area contributed by atoms with Crippen molar-refractivity contribution >= 4 is 24.4 Å². The van der Waals surface area contributed by atoms with E-state index in [1.807, 2.05) is 0 Å². The number of nitrogens with zero attached hydrogens (tertiary/aromatic N) is 3. The second-order valence-corrected chi connectivity index (χ2v) is 6.12. The van der Waals surface area contributed by atoms with E-state index in [1.165, 1.54) is 44.4 Å². The summed E-state index contributed by atoms with van der Waals surface area (Å²) in [6.07, 6.45) is 1.53. The highest BCUT2D eigenvalue weighted by molar-refractivity contribution is 7.71. The average molecular weight is 413 g/mol. The van der Waals surface area contributed by atoms with Crippen LogP contribution in [0.2, 0.25) is 0 Å². The molecule has 0 unspecified atom stereocenters. The van der Waals surface area contributed by atoms with Crippen molar-refractivity contribution < 1.29 is 24.1 Å². The van der Waals surface area contributed by atoms with E-state index in [4.69, 9.17) is 26.4 Å². The summed E-state index contributed by atoms with van der Waals surface area (Å²) in [6.45, 7) is 0. The molecule has 3 rings (SSSR count). The molecule has 0 spiro atoms. The molecular formula is C19H17N4O5S-. The van der Waals surface area contributed by atoms with E-state index in [0.29, 0.717) is 34.2 Å². The van der Waals surface area contributed by atoms with Gasteiger partial charge in [-0.15, -0.1) is 0 Å². The second kappa shape index (κ2) is 8.57. The Labute approximate surface area is 171 Å². The number of hydrogen-bond acceptors (Lipinski definition) is 8. The van der Waals surface area contributed by atoms with E-state index >= 15 is 0 Å². The monoisotopic (exact) mass is 413 g/mol. The number of aromatic amines is 1. The fourth-order valence-electron chi connectivity index (χ4n) is 2.63. The molecule has 0 aliphatic heterocycles. The van der Waals surface area contributed by atoms with Crippen LogP contribution in [-0.4, -0.2) is 48.4 Å². The molecule has 0 atom stereocenters. The summed E-state index contributed by atoms with van der Waals surface area (Å²) >= 11 is 5.27. The van der Waals surface area contributed by atoms with Crippen LogP contribution in [-0.2, 0) is 0 Å². The Morgan fingerprint density at radius 2 is 1.76 bits per heavy atom. The van der Waals surface area contributed by atoms with Crippen LogP contribution in [0.4, 0.5) is 0 Å².